The Bertz CT molecular complexity index is 981. The largest absolute Gasteiger partial charge is 0.465 e. The molecule has 0 aliphatic heterocycles. The van der Waals surface area contributed by atoms with Crippen molar-refractivity contribution in [2.75, 3.05) is 12.4 Å². The standard InChI is InChI=1S/C15H15N3O6S/c1-24-15(21)10-4-2-3-5-11(10)17-14(20)9-18-7-6-12(19)13(8-18)25(16,22)23/h2-8H,9H2,1H3,(H,17,20)(H2,16,22,23). The highest BCUT2D eigenvalue weighted by Gasteiger charge is 2.16. The third-order valence-corrected chi connectivity index (χ3v) is 4.10. The first-order valence-corrected chi connectivity index (χ1v) is 8.47. The summed E-state index contributed by atoms with van der Waals surface area (Å²) in [4.78, 5) is 34.7. The number of esters is 1. The molecule has 3 N–H and O–H groups in total. The monoisotopic (exact) mass is 365 g/mol. The number of nitrogens with zero attached hydrogens (tertiary/aromatic N) is 1. The van der Waals surface area contributed by atoms with Gasteiger partial charge in [-0.05, 0) is 12.1 Å². The van der Waals surface area contributed by atoms with Crippen molar-refractivity contribution in [1.82, 2.24) is 4.57 Å². The highest BCUT2D eigenvalue weighted by Crippen LogP contribution is 2.16. The van der Waals surface area contributed by atoms with Crippen molar-refractivity contribution < 1.29 is 22.7 Å². The summed E-state index contributed by atoms with van der Waals surface area (Å²) >= 11 is 0. The summed E-state index contributed by atoms with van der Waals surface area (Å²) in [6.45, 7) is -0.293. The molecule has 9 nitrogen and oxygen atoms in total. The van der Waals surface area contributed by atoms with Crippen LogP contribution in [0.25, 0.3) is 0 Å². The maximum absolute atomic E-state index is 12.1. The second kappa shape index (κ2) is 7.28. The van der Waals surface area contributed by atoms with E-state index in [1.807, 2.05) is 0 Å². The summed E-state index contributed by atoms with van der Waals surface area (Å²) in [5.74, 6) is -1.16. The van der Waals surface area contributed by atoms with Crippen LogP contribution < -0.4 is 15.9 Å². The second-order valence-corrected chi connectivity index (χ2v) is 6.51. The summed E-state index contributed by atoms with van der Waals surface area (Å²) in [6, 6.07) is 7.24. The maximum atomic E-state index is 12.1. The lowest BCUT2D eigenvalue weighted by atomic mass is 10.2. The number of carbonyl (C=O) groups is 2. The zero-order chi connectivity index (χ0) is 18.6. The first-order chi connectivity index (χ1) is 11.7. The number of nitrogens with two attached hydrogens (primary N) is 1. The smallest absolute Gasteiger partial charge is 0.339 e. The summed E-state index contributed by atoms with van der Waals surface area (Å²) in [5, 5.41) is 7.48. The fourth-order valence-electron chi connectivity index (χ4n) is 2.05. The van der Waals surface area contributed by atoms with Crippen molar-refractivity contribution in [1.29, 1.82) is 0 Å². The number of aromatic nitrogens is 1. The lowest BCUT2D eigenvalue weighted by Crippen LogP contribution is -2.25. The Balaban J connectivity index is 2.22. The van der Waals surface area contributed by atoms with Gasteiger partial charge in [0.2, 0.25) is 21.4 Å². The van der Waals surface area contributed by atoms with Gasteiger partial charge in [0.05, 0.1) is 18.4 Å². The van der Waals surface area contributed by atoms with Crippen molar-refractivity contribution in [3.05, 3.63) is 58.5 Å². The molecule has 0 saturated carbocycles. The summed E-state index contributed by atoms with van der Waals surface area (Å²) in [5.41, 5.74) is -0.356. The molecule has 1 amide bonds. The summed E-state index contributed by atoms with van der Waals surface area (Å²) in [6.07, 6.45) is 2.23. The molecular weight excluding hydrogens is 350 g/mol. The third kappa shape index (κ3) is 4.52. The number of primary sulfonamides is 1. The number of anilines is 1. The fraction of sp³-hybridized carbons (Fsp3) is 0.133. The number of nitrogens with one attached hydrogen (secondary N) is 1. The molecule has 1 heterocycles. The number of ether oxygens (including phenoxy) is 1. The Morgan fingerprint density at radius 3 is 2.56 bits per heavy atom. The minimum Gasteiger partial charge on any atom is -0.465 e. The van der Waals surface area contributed by atoms with Gasteiger partial charge >= 0.3 is 5.97 Å². The van der Waals surface area contributed by atoms with Crippen molar-refractivity contribution >= 4 is 27.6 Å². The summed E-state index contributed by atoms with van der Waals surface area (Å²) < 4.78 is 28.5. The van der Waals surface area contributed by atoms with Crippen molar-refractivity contribution in [3.8, 4) is 0 Å². The van der Waals surface area contributed by atoms with Crippen LogP contribution in [0, 0.1) is 0 Å². The predicted molar refractivity (Wildman–Crippen MR) is 88.5 cm³/mol. The highest BCUT2D eigenvalue weighted by molar-refractivity contribution is 7.89. The Hall–Kier alpha value is -2.98. The molecule has 0 spiro atoms. The molecule has 1 aromatic heterocycles. The van der Waals surface area contributed by atoms with Gasteiger partial charge in [0.15, 0.2) is 0 Å². The number of methoxy groups -OCH3 is 1. The highest BCUT2D eigenvalue weighted by atomic mass is 32.2. The summed E-state index contributed by atoms with van der Waals surface area (Å²) in [7, 11) is -2.98. The van der Waals surface area contributed by atoms with Crippen LogP contribution in [0.3, 0.4) is 0 Å². The van der Waals surface area contributed by atoms with Crippen molar-refractivity contribution in [2.45, 2.75) is 11.4 Å². The number of benzene rings is 1. The first-order valence-electron chi connectivity index (χ1n) is 6.92. The van der Waals surface area contributed by atoms with Crippen LogP contribution >= 0.6 is 0 Å². The molecule has 132 valence electrons. The van der Waals surface area contributed by atoms with Gasteiger partial charge in [0, 0.05) is 18.5 Å². The number of para-hydroxylation sites is 1. The van der Waals surface area contributed by atoms with Crippen LogP contribution in [0.5, 0.6) is 0 Å². The van der Waals surface area contributed by atoms with Crippen molar-refractivity contribution in [3.63, 3.8) is 0 Å². The van der Waals surface area contributed by atoms with Gasteiger partial charge in [-0.25, -0.2) is 18.4 Å². The van der Waals surface area contributed by atoms with Gasteiger partial charge in [-0.1, -0.05) is 12.1 Å². The zero-order valence-corrected chi connectivity index (χ0v) is 13.9. The molecule has 1 aromatic carbocycles. The van der Waals surface area contributed by atoms with E-state index in [-0.39, 0.29) is 17.8 Å². The van der Waals surface area contributed by atoms with Gasteiger partial charge in [-0.3, -0.25) is 9.59 Å². The van der Waals surface area contributed by atoms with E-state index in [1.54, 1.807) is 12.1 Å². The van der Waals surface area contributed by atoms with Gasteiger partial charge in [-0.2, -0.15) is 0 Å². The maximum Gasteiger partial charge on any atom is 0.339 e. The molecule has 0 radical (unpaired) electrons. The van der Waals surface area contributed by atoms with E-state index in [0.717, 1.165) is 12.3 Å². The number of amides is 1. The Morgan fingerprint density at radius 2 is 1.92 bits per heavy atom. The van der Waals surface area contributed by atoms with Crippen LogP contribution in [0.2, 0.25) is 0 Å². The van der Waals surface area contributed by atoms with Gasteiger partial charge < -0.3 is 14.6 Å². The van der Waals surface area contributed by atoms with Crippen LogP contribution in [0.1, 0.15) is 10.4 Å². The zero-order valence-electron chi connectivity index (χ0n) is 13.1. The van der Waals surface area contributed by atoms with Crippen molar-refractivity contribution in [2.24, 2.45) is 5.14 Å². The first kappa shape index (κ1) is 18.4. The molecule has 25 heavy (non-hydrogen) atoms. The average molecular weight is 365 g/mol. The van der Waals surface area contributed by atoms with E-state index in [0.29, 0.717) is 0 Å². The van der Waals surface area contributed by atoms with E-state index >= 15 is 0 Å². The van der Waals surface area contributed by atoms with E-state index in [1.165, 1.54) is 30.0 Å². The molecule has 0 atom stereocenters. The quantitative estimate of drug-likeness (QED) is 0.711. The number of rotatable bonds is 5. The predicted octanol–water partition coefficient (Wildman–Crippen LogP) is -0.0790. The van der Waals surface area contributed by atoms with E-state index in [9.17, 15) is 22.8 Å². The molecule has 0 unspecified atom stereocenters. The molecule has 0 aliphatic carbocycles. The molecular formula is C15H15N3O6S. The van der Waals surface area contributed by atoms with E-state index < -0.39 is 32.2 Å². The Labute approximate surface area is 143 Å². The molecule has 0 saturated heterocycles. The minimum absolute atomic E-state index is 0.170. The van der Waals surface area contributed by atoms with Gasteiger partial charge in [0.1, 0.15) is 11.4 Å². The Morgan fingerprint density at radius 1 is 1.24 bits per heavy atom. The molecule has 0 bridgehead atoms. The number of carbonyl (C=O) groups excluding carboxylic acids is 2. The Kier molecular flexibility index (Phi) is 5.35. The van der Waals surface area contributed by atoms with Gasteiger partial charge in [0.25, 0.3) is 0 Å². The molecule has 0 fully saturated rings. The van der Waals surface area contributed by atoms with Crippen LogP contribution in [0.4, 0.5) is 5.69 Å². The fourth-order valence-corrected chi connectivity index (χ4v) is 2.68. The second-order valence-electron chi connectivity index (χ2n) is 4.98. The lowest BCUT2D eigenvalue weighted by Gasteiger charge is -2.11. The van der Waals surface area contributed by atoms with Crippen LogP contribution in [-0.4, -0.2) is 32.0 Å². The normalized spacial score (nSPS) is 11.0. The number of hydrogen-bond donors (Lipinski definition) is 2. The average Bonchev–Trinajstić information content (AvgIpc) is 2.55. The lowest BCUT2D eigenvalue weighted by molar-refractivity contribution is -0.116. The number of sulfonamides is 1. The number of hydrogen-bond acceptors (Lipinski definition) is 6. The SMILES string of the molecule is COC(=O)c1ccccc1NC(=O)Cn1ccc(=O)c(S(N)(=O)=O)c1. The molecule has 2 aromatic rings. The number of pyridine rings is 1. The van der Waals surface area contributed by atoms with Gasteiger partial charge in [-0.15, -0.1) is 0 Å². The van der Waals surface area contributed by atoms with E-state index in [4.69, 9.17) is 5.14 Å². The molecule has 2 rings (SSSR count). The third-order valence-electron chi connectivity index (χ3n) is 3.18. The van der Waals surface area contributed by atoms with E-state index in [2.05, 4.69) is 10.1 Å². The molecule has 10 heteroatoms. The van der Waals surface area contributed by atoms with Crippen LogP contribution in [0.15, 0.2) is 52.4 Å². The molecule has 0 aliphatic rings. The van der Waals surface area contributed by atoms with Crippen LogP contribution in [-0.2, 0) is 26.1 Å². The topological polar surface area (TPSA) is 138 Å². The minimum atomic E-state index is -4.20.